The molecule has 20 heavy (non-hydrogen) atoms. The van der Waals surface area contributed by atoms with Gasteiger partial charge in [0.25, 0.3) is 5.91 Å². The number of nitrogens with one attached hydrogen (secondary N) is 1. The lowest BCUT2D eigenvalue weighted by atomic mass is 10.1. The van der Waals surface area contributed by atoms with Crippen LogP contribution in [0.2, 0.25) is 0 Å². The first-order valence-electron chi connectivity index (χ1n) is 6.60. The van der Waals surface area contributed by atoms with Gasteiger partial charge in [-0.2, -0.15) is 11.8 Å². The van der Waals surface area contributed by atoms with Gasteiger partial charge in [-0.15, -0.1) is 0 Å². The zero-order chi connectivity index (χ0) is 14.4. The molecular weight excluding hydrogens is 272 g/mol. The Morgan fingerprint density at radius 2 is 2.45 bits per heavy atom. The molecule has 0 spiro atoms. The van der Waals surface area contributed by atoms with Crippen molar-refractivity contribution in [2.75, 3.05) is 18.9 Å². The van der Waals surface area contributed by atoms with E-state index in [0.29, 0.717) is 17.7 Å². The maximum Gasteiger partial charge on any atom is 0.252 e. The number of carbonyl (C=O) groups excluding carboxylic acids is 1. The molecule has 0 radical (unpaired) electrons. The Morgan fingerprint density at radius 3 is 3.15 bits per heavy atom. The third-order valence-electron chi connectivity index (χ3n) is 3.24. The largest absolute Gasteiger partial charge is 0.384 e. The number of amides is 1. The maximum atomic E-state index is 12.1. The quantitative estimate of drug-likeness (QED) is 0.827. The van der Waals surface area contributed by atoms with Crippen LogP contribution in [0.15, 0.2) is 18.5 Å². The van der Waals surface area contributed by atoms with Crippen molar-refractivity contribution in [3.63, 3.8) is 0 Å². The molecule has 1 aromatic heterocycles. The van der Waals surface area contributed by atoms with Crippen LogP contribution < -0.4 is 5.32 Å². The van der Waals surface area contributed by atoms with Crippen molar-refractivity contribution < 1.29 is 9.90 Å². The van der Waals surface area contributed by atoms with Gasteiger partial charge in [-0.25, -0.2) is 0 Å². The summed E-state index contributed by atoms with van der Waals surface area (Å²) in [7, 11) is 0. The van der Waals surface area contributed by atoms with Crippen molar-refractivity contribution in [3.8, 4) is 11.8 Å². The molecule has 1 fully saturated rings. The molecule has 5 heteroatoms. The molecule has 2 rings (SSSR count). The molecule has 1 amide bonds. The Hall–Kier alpha value is -1.51. The van der Waals surface area contributed by atoms with E-state index in [1.54, 1.807) is 12.3 Å². The van der Waals surface area contributed by atoms with Gasteiger partial charge in [-0.1, -0.05) is 11.8 Å². The molecule has 1 saturated heterocycles. The number of pyridine rings is 1. The van der Waals surface area contributed by atoms with Crippen LogP contribution in [0.25, 0.3) is 0 Å². The van der Waals surface area contributed by atoms with Gasteiger partial charge in [0.15, 0.2) is 0 Å². The van der Waals surface area contributed by atoms with Gasteiger partial charge in [0.2, 0.25) is 0 Å². The molecule has 1 aliphatic heterocycles. The Balaban J connectivity index is 1.98. The van der Waals surface area contributed by atoms with Crippen molar-refractivity contribution in [1.82, 2.24) is 10.3 Å². The van der Waals surface area contributed by atoms with Gasteiger partial charge in [0.05, 0.1) is 5.56 Å². The third kappa shape index (κ3) is 3.99. The van der Waals surface area contributed by atoms with E-state index < -0.39 is 0 Å². The first-order chi connectivity index (χ1) is 9.63. The summed E-state index contributed by atoms with van der Waals surface area (Å²) in [6.45, 7) is 2.65. The molecule has 0 aromatic carbocycles. The van der Waals surface area contributed by atoms with Crippen LogP contribution in [0.1, 0.15) is 35.7 Å². The predicted molar refractivity (Wildman–Crippen MR) is 80.6 cm³/mol. The van der Waals surface area contributed by atoms with Gasteiger partial charge in [0, 0.05) is 29.2 Å². The fraction of sp³-hybridized carbons (Fsp3) is 0.467. The number of hydrogen-bond acceptors (Lipinski definition) is 4. The summed E-state index contributed by atoms with van der Waals surface area (Å²) in [5, 5.41) is 11.6. The van der Waals surface area contributed by atoms with Crippen molar-refractivity contribution in [2.45, 2.75) is 24.5 Å². The first-order valence-corrected chi connectivity index (χ1v) is 7.58. The van der Waals surface area contributed by atoms with E-state index in [1.165, 1.54) is 18.4 Å². The number of hydrogen-bond donors (Lipinski definition) is 2. The minimum Gasteiger partial charge on any atom is -0.384 e. The van der Waals surface area contributed by atoms with Crippen molar-refractivity contribution in [3.05, 3.63) is 29.6 Å². The lowest BCUT2D eigenvalue weighted by Gasteiger charge is -2.22. The monoisotopic (exact) mass is 290 g/mol. The highest BCUT2D eigenvalue weighted by atomic mass is 32.2. The Bertz CT molecular complexity index is 542. The number of aliphatic hydroxyl groups excluding tert-OH is 1. The number of aromatic nitrogens is 1. The summed E-state index contributed by atoms with van der Waals surface area (Å²) in [5.41, 5.74) is 1.13. The highest BCUT2D eigenvalue weighted by Crippen LogP contribution is 2.36. The number of carbonyl (C=O) groups is 1. The average molecular weight is 290 g/mol. The predicted octanol–water partition coefficient (Wildman–Crippen LogP) is 1.44. The van der Waals surface area contributed by atoms with Crippen LogP contribution in [-0.2, 0) is 0 Å². The molecule has 2 N–H and O–H groups in total. The molecule has 4 nitrogen and oxygen atoms in total. The molecule has 106 valence electrons. The van der Waals surface area contributed by atoms with Crippen LogP contribution in [-0.4, -0.2) is 39.6 Å². The zero-order valence-corrected chi connectivity index (χ0v) is 12.3. The molecule has 1 aliphatic rings. The molecule has 0 bridgehead atoms. The summed E-state index contributed by atoms with van der Waals surface area (Å²) >= 11 is 1.92. The normalized spacial score (nSPS) is 21.1. The van der Waals surface area contributed by atoms with Gasteiger partial charge < -0.3 is 10.4 Å². The van der Waals surface area contributed by atoms with E-state index in [4.69, 9.17) is 5.11 Å². The van der Waals surface area contributed by atoms with E-state index in [9.17, 15) is 4.79 Å². The second-order valence-corrected chi connectivity index (χ2v) is 6.69. The summed E-state index contributed by atoms with van der Waals surface area (Å²) < 4.78 is 0.150. The number of aliphatic hydroxyl groups is 1. The smallest absolute Gasteiger partial charge is 0.252 e. The molecule has 1 aromatic rings. The summed E-state index contributed by atoms with van der Waals surface area (Å²) in [6, 6.07) is 1.69. The fourth-order valence-electron chi connectivity index (χ4n) is 2.12. The van der Waals surface area contributed by atoms with Gasteiger partial charge in [0.1, 0.15) is 6.61 Å². The topological polar surface area (TPSA) is 62.2 Å². The highest BCUT2D eigenvalue weighted by molar-refractivity contribution is 8.00. The molecule has 1 atom stereocenters. The Morgan fingerprint density at radius 1 is 1.60 bits per heavy atom. The summed E-state index contributed by atoms with van der Waals surface area (Å²) in [6.07, 6.45) is 5.46. The fourth-order valence-corrected chi connectivity index (χ4v) is 3.36. The van der Waals surface area contributed by atoms with Crippen LogP contribution in [0.4, 0.5) is 0 Å². The SMILES string of the molecule is CC1(CNC(=O)c2cncc(C#CCO)c2)CCCS1. The standard InChI is InChI=1S/C15H18N2O2S/c1-15(5-3-7-20-15)11-17-14(19)13-8-12(4-2-6-18)9-16-10-13/h8-10,18H,3,5-7,11H2,1H3,(H,17,19). The van der Waals surface area contributed by atoms with Crippen LogP contribution in [0.5, 0.6) is 0 Å². The Kier molecular flexibility index (Phi) is 5.05. The van der Waals surface area contributed by atoms with E-state index >= 15 is 0 Å². The molecule has 0 aliphatic carbocycles. The van der Waals surface area contributed by atoms with E-state index in [0.717, 1.165) is 6.42 Å². The minimum atomic E-state index is -0.202. The van der Waals surface area contributed by atoms with Gasteiger partial charge in [-0.3, -0.25) is 9.78 Å². The molecule has 0 saturated carbocycles. The molecular formula is C15H18N2O2S. The van der Waals surface area contributed by atoms with Crippen LogP contribution in [0.3, 0.4) is 0 Å². The molecule has 1 unspecified atom stereocenters. The van der Waals surface area contributed by atoms with Crippen molar-refractivity contribution in [1.29, 1.82) is 0 Å². The van der Waals surface area contributed by atoms with E-state index in [2.05, 4.69) is 29.1 Å². The van der Waals surface area contributed by atoms with Gasteiger partial charge in [-0.05, 0) is 31.6 Å². The van der Waals surface area contributed by atoms with Crippen molar-refractivity contribution in [2.24, 2.45) is 0 Å². The van der Waals surface area contributed by atoms with Crippen LogP contribution in [0, 0.1) is 11.8 Å². The lowest BCUT2D eigenvalue weighted by molar-refractivity contribution is 0.0949. The minimum absolute atomic E-state index is 0.126. The maximum absolute atomic E-state index is 12.1. The number of rotatable bonds is 3. The second kappa shape index (κ2) is 6.78. The van der Waals surface area contributed by atoms with E-state index in [1.807, 2.05) is 11.8 Å². The number of nitrogens with zero attached hydrogens (tertiary/aromatic N) is 1. The molecule has 2 heterocycles. The Labute approximate surface area is 123 Å². The first kappa shape index (κ1) is 14.9. The summed E-state index contributed by atoms with van der Waals surface area (Å²) in [5.74, 6) is 6.33. The van der Waals surface area contributed by atoms with E-state index in [-0.39, 0.29) is 17.3 Å². The average Bonchev–Trinajstić information content (AvgIpc) is 2.90. The highest BCUT2D eigenvalue weighted by Gasteiger charge is 2.29. The lowest BCUT2D eigenvalue weighted by Crippen LogP contribution is -2.36. The van der Waals surface area contributed by atoms with Crippen molar-refractivity contribution >= 4 is 17.7 Å². The van der Waals surface area contributed by atoms with Crippen LogP contribution >= 0.6 is 11.8 Å². The van der Waals surface area contributed by atoms with Gasteiger partial charge >= 0.3 is 0 Å². The zero-order valence-electron chi connectivity index (χ0n) is 11.5. The number of thioether (sulfide) groups is 1. The third-order valence-corrected chi connectivity index (χ3v) is 4.77. The second-order valence-electron chi connectivity index (χ2n) is 5.01. The summed E-state index contributed by atoms with van der Waals surface area (Å²) in [4.78, 5) is 16.1.